The number of nitrogens with zero attached hydrogens (tertiary/aromatic N) is 5. The quantitative estimate of drug-likeness (QED) is 0.272. The van der Waals surface area contributed by atoms with Gasteiger partial charge in [0.2, 0.25) is 0 Å². The number of nitrogens with one attached hydrogen (secondary N) is 3. The number of hydrogen-bond donors (Lipinski definition) is 3. The van der Waals surface area contributed by atoms with E-state index >= 15 is 0 Å². The molecule has 170 valence electrons. The van der Waals surface area contributed by atoms with Gasteiger partial charge in [-0.2, -0.15) is 0 Å². The largest absolute Gasteiger partial charge is 0.357 e. The van der Waals surface area contributed by atoms with Crippen molar-refractivity contribution in [3.8, 4) is 0 Å². The minimum absolute atomic E-state index is 0. The number of amides is 2. The number of carbonyl (C=O) groups excluding carboxylic acids is 1. The fourth-order valence-electron chi connectivity index (χ4n) is 3.42. The van der Waals surface area contributed by atoms with Gasteiger partial charge in [0.1, 0.15) is 12.2 Å². The second-order valence-corrected chi connectivity index (χ2v) is 7.24. The summed E-state index contributed by atoms with van der Waals surface area (Å²) in [5.74, 6) is 1.74. The van der Waals surface area contributed by atoms with Crippen molar-refractivity contribution in [2.45, 2.75) is 46.2 Å². The topological polar surface area (TPSA) is 99.5 Å². The first-order valence-electron chi connectivity index (χ1n) is 10.7. The van der Waals surface area contributed by atoms with Crippen LogP contribution in [-0.2, 0) is 19.5 Å². The summed E-state index contributed by atoms with van der Waals surface area (Å²) < 4.78 is 2.04. The number of anilines is 1. The summed E-state index contributed by atoms with van der Waals surface area (Å²) in [7, 11) is 0. The molecule has 3 N–H and O–H groups in total. The average molecular weight is 540 g/mol. The van der Waals surface area contributed by atoms with Crippen LogP contribution in [0, 0.1) is 0 Å². The molecule has 1 saturated heterocycles. The number of likely N-dealkylation sites (tertiary alicyclic amines) is 1. The van der Waals surface area contributed by atoms with Gasteiger partial charge in [0.25, 0.3) is 0 Å². The summed E-state index contributed by atoms with van der Waals surface area (Å²) in [5, 5.41) is 17.7. The number of benzene rings is 1. The van der Waals surface area contributed by atoms with E-state index in [1.807, 2.05) is 40.7 Å². The Balaban J connectivity index is 0.00000341. The minimum Gasteiger partial charge on any atom is -0.357 e. The first kappa shape index (κ1) is 24.9. The summed E-state index contributed by atoms with van der Waals surface area (Å²) in [6.07, 6.45) is 4.78. The number of halogens is 1. The van der Waals surface area contributed by atoms with E-state index in [-0.39, 0.29) is 30.0 Å². The van der Waals surface area contributed by atoms with Crippen LogP contribution in [0.2, 0.25) is 0 Å². The first-order valence-corrected chi connectivity index (χ1v) is 10.7. The average Bonchev–Trinajstić information content (AvgIpc) is 3.44. The number of hydrogen-bond acceptors (Lipinski definition) is 4. The van der Waals surface area contributed by atoms with Crippen LogP contribution in [0.3, 0.4) is 0 Å². The smallest absolute Gasteiger partial charge is 0.321 e. The van der Waals surface area contributed by atoms with Crippen LogP contribution in [0.4, 0.5) is 10.5 Å². The molecule has 9 nitrogen and oxygen atoms in total. The summed E-state index contributed by atoms with van der Waals surface area (Å²) in [6, 6.07) is 7.83. The van der Waals surface area contributed by atoms with Crippen LogP contribution in [0.5, 0.6) is 0 Å². The van der Waals surface area contributed by atoms with Crippen LogP contribution >= 0.6 is 24.0 Å². The number of aliphatic imine (C=N–C) groups is 1. The van der Waals surface area contributed by atoms with Crippen molar-refractivity contribution < 1.29 is 4.79 Å². The molecule has 31 heavy (non-hydrogen) atoms. The Morgan fingerprint density at radius 1 is 1.19 bits per heavy atom. The standard InChI is InChI=1S/C21H32N8O.HI/c1-3-19-27-25-16-29(19)13-10-23-20(22-4-2)24-15-17-8-7-9-18(14-17)26-21(30)28-11-5-6-12-28;/h7-9,14,16H,3-6,10-13,15H2,1-2H3,(H,26,30)(H2,22,23,24);1H. The monoisotopic (exact) mass is 540 g/mol. The zero-order chi connectivity index (χ0) is 21.2. The lowest BCUT2D eigenvalue weighted by Gasteiger charge is -2.16. The molecule has 1 aromatic carbocycles. The van der Waals surface area contributed by atoms with Gasteiger partial charge in [0.15, 0.2) is 5.96 Å². The van der Waals surface area contributed by atoms with E-state index in [1.54, 1.807) is 6.33 Å². The zero-order valence-electron chi connectivity index (χ0n) is 18.3. The number of rotatable bonds is 8. The predicted molar refractivity (Wildman–Crippen MR) is 134 cm³/mol. The van der Waals surface area contributed by atoms with Crippen molar-refractivity contribution in [1.82, 2.24) is 30.3 Å². The van der Waals surface area contributed by atoms with Gasteiger partial charge >= 0.3 is 6.03 Å². The van der Waals surface area contributed by atoms with Gasteiger partial charge in [0.05, 0.1) is 6.54 Å². The molecule has 2 amide bonds. The Morgan fingerprint density at radius 3 is 2.74 bits per heavy atom. The van der Waals surface area contributed by atoms with E-state index in [9.17, 15) is 4.79 Å². The Morgan fingerprint density at radius 2 is 2.00 bits per heavy atom. The third-order valence-electron chi connectivity index (χ3n) is 4.99. The number of aryl methyl sites for hydroxylation is 1. The molecule has 0 saturated carbocycles. The molecule has 1 aromatic heterocycles. The van der Waals surface area contributed by atoms with E-state index in [0.29, 0.717) is 6.54 Å². The molecular formula is C21H33IN8O. The predicted octanol–water partition coefficient (Wildman–Crippen LogP) is 2.84. The maximum absolute atomic E-state index is 12.3. The lowest BCUT2D eigenvalue weighted by atomic mass is 10.2. The van der Waals surface area contributed by atoms with Crippen LogP contribution < -0.4 is 16.0 Å². The Kier molecular flexibility index (Phi) is 10.5. The Labute approximate surface area is 201 Å². The van der Waals surface area contributed by atoms with Crippen molar-refractivity contribution in [3.05, 3.63) is 42.0 Å². The second-order valence-electron chi connectivity index (χ2n) is 7.24. The molecule has 2 heterocycles. The third kappa shape index (κ3) is 7.67. The van der Waals surface area contributed by atoms with Crippen LogP contribution in [0.25, 0.3) is 0 Å². The first-order chi connectivity index (χ1) is 14.7. The molecule has 1 fully saturated rings. The molecule has 0 atom stereocenters. The summed E-state index contributed by atoms with van der Waals surface area (Å²) >= 11 is 0. The van der Waals surface area contributed by atoms with Crippen molar-refractivity contribution >= 4 is 41.7 Å². The maximum Gasteiger partial charge on any atom is 0.321 e. The summed E-state index contributed by atoms with van der Waals surface area (Å²) in [5.41, 5.74) is 1.84. The lowest BCUT2D eigenvalue weighted by Crippen LogP contribution is -2.38. The highest BCUT2D eigenvalue weighted by atomic mass is 127. The minimum atomic E-state index is -0.0244. The van der Waals surface area contributed by atoms with E-state index < -0.39 is 0 Å². The highest BCUT2D eigenvalue weighted by molar-refractivity contribution is 14.0. The number of guanidine groups is 1. The van der Waals surface area contributed by atoms with E-state index in [1.165, 1.54) is 0 Å². The molecule has 0 bridgehead atoms. The molecule has 1 aliphatic heterocycles. The van der Waals surface area contributed by atoms with Gasteiger partial charge in [-0.3, -0.25) is 0 Å². The van der Waals surface area contributed by atoms with Gasteiger partial charge in [-0.1, -0.05) is 19.1 Å². The number of aromatic nitrogens is 3. The fraction of sp³-hybridized carbons (Fsp3) is 0.524. The molecule has 2 aromatic rings. The highest BCUT2D eigenvalue weighted by Gasteiger charge is 2.17. The maximum atomic E-state index is 12.3. The van der Waals surface area contributed by atoms with Gasteiger partial charge in [-0.25, -0.2) is 9.79 Å². The van der Waals surface area contributed by atoms with Gasteiger partial charge in [-0.05, 0) is 37.5 Å². The molecule has 1 aliphatic rings. The van der Waals surface area contributed by atoms with Crippen molar-refractivity contribution in [2.24, 2.45) is 4.99 Å². The lowest BCUT2D eigenvalue weighted by molar-refractivity contribution is 0.222. The van der Waals surface area contributed by atoms with Crippen molar-refractivity contribution in [1.29, 1.82) is 0 Å². The number of urea groups is 1. The van der Waals surface area contributed by atoms with Crippen LogP contribution in [-0.4, -0.2) is 57.8 Å². The van der Waals surface area contributed by atoms with Crippen LogP contribution in [0.15, 0.2) is 35.6 Å². The fourth-order valence-corrected chi connectivity index (χ4v) is 3.42. The van der Waals surface area contributed by atoms with E-state index in [2.05, 4.69) is 38.1 Å². The summed E-state index contributed by atoms with van der Waals surface area (Å²) in [6.45, 7) is 8.59. The molecule has 10 heteroatoms. The van der Waals surface area contributed by atoms with E-state index in [0.717, 1.165) is 75.0 Å². The van der Waals surface area contributed by atoms with Crippen molar-refractivity contribution in [2.75, 3.05) is 31.5 Å². The van der Waals surface area contributed by atoms with Crippen molar-refractivity contribution in [3.63, 3.8) is 0 Å². The third-order valence-corrected chi connectivity index (χ3v) is 4.99. The van der Waals surface area contributed by atoms with Gasteiger partial charge < -0.3 is 25.4 Å². The Hall–Kier alpha value is -2.37. The molecule has 0 aliphatic carbocycles. The van der Waals surface area contributed by atoms with E-state index in [4.69, 9.17) is 0 Å². The zero-order valence-corrected chi connectivity index (χ0v) is 20.6. The van der Waals surface area contributed by atoms with Gasteiger partial charge in [0, 0.05) is 44.8 Å². The number of carbonyl (C=O) groups is 1. The van der Waals surface area contributed by atoms with Gasteiger partial charge in [-0.15, -0.1) is 34.2 Å². The Bertz CT molecular complexity index is 847. The SMILES string of the molecule is CCNC(=NCc1cccc(NC(=O)N2CCCC2)c1)NCCn1cnnc1CC.I. The highest BCUT2D eigenvalue weighted by Crippen LogP contribution is 2.14. The molecule has 0 spiro atoms. The molecule has 0 radical (unpaired) electrons. The second kappa shape index (κ2) is 13.1. The molecule has 3 rings (SSSR count). The molecular weight excluding hydrogens is 507 g/mol. The normalized spacial score (nSPS) is 13.6. The summed E-state index contributed by atoms with van der Waals surface area (Å²) in [4.78, 5) is 18.8. The molecule has 0 unspecified atom stereocenters. The van der Waals surface area contributed by atoms with Crippen LogP contribution in [0.1, 0.15) is 38.1 Å².